The fourth-order valence-electron chi connectivity index (χ4n) is 1.77. The van der Waals surface area contributed by atoms with Gasteiger partial charge in [0.2, 0.25) is 5.91 Å². The van der Waals surface area contributed by atoms with Gasteiger partial charge in [0.1, 0.15) is 6.33 Å². The number of aromatic nitrogens is 4. The fourth-order valence-corrected chi connectivity index (χ4v) is 2.59. The van der Waals surface area contributed by atoms with E-state index in [0.717, 1.165) is 10.7 Å². The van der Waals surface area contributed by atoms with Crippen LogP contribution in [0.15, 0.2) is 35.7 Å². The molecule has 2 heterocycles. The summed E-state index contributed by atoms with van der Waals surface area (Å²) in [6, 6.07) is 3.78. The summed E-state index contributed by atoms with van der Waals surface area (Å²) < 4.78 is 6.94. The Kier molecular flexibility index (Phi) is 6.35. The molecule has 0 saturated heterocycles. The first-order valence-electron chi connectivity index (χ1n) is 6.83. The van der Waals surface area contributed by atoms with Crippen molar-refractivity contribution in [3.05, 3.63) is 36.7 Å². The normalized spacial score (nSPS) is 10.6. The second-order valence-corrected chi connectivity index (χ2v) is 5.70. The number of amides is 1. The molecule has 0 bridgehead atoms. The van der Waals surface area contributed by atoms with Crippen LogP contribution in [0, 0.1) is 0 Å². The quantitative estimate of drug-likeness (QED) is 0.677. The number of hydrogen-bond acceptors (Lipinski definition) is 6. The van der Waals surface area contributed by atoms with Gasteiger partial charge in [0.05, 0.1) is 18.9 Å². The zero-order valence-corrected chi connectivity index (χ0v) is 13.5. The Morgan fingerprint density at radius 2 is 2.18 bits per heavy atom. The minimum absolute atomic E-state index is 0.0445. The molecular formula is C14H19N5O2S. The SMILES string of the molecule is COCCn1cnnc1CN(C)C(=O)CSc1ccncc1. The van der Waals surface area contributed by atoms with Crippen LogP contribution in [0.5, 0.6) is 0 Å². The number of carbonyl (C=O) groups excluding carboxylic acids is 1. The molecule has 1 amide bonds. The number of carbonyl (C=O) groups is 1. The van der Waals surface area contributed by atoms with E-state index in [2.05, 4.69) is 15.2 Å². The predicted octanol–water partition coefficient (Wildman–Crippen LogP) is 1.07. The van der Waals surface area contributed by atoms with E-state index in [1.54, 1.807) is 37.8 Å². The van der Waals surface area contributed by atoms with Crippen molar-refractivity contribution in [2.45, 2.75) is 18.0 Å². The summed E-state index contributed by atoms with van der Waals surface area (Å²) in [7, 11) is 3.42. The lowest BCUT2D eigenvalue weighted by Crippen LogP contribution is -2.29. The van der Waals surface area contributed by atoms with Crippen molar-refractivity contribution in [2.75, 3.05) is 26.5 Å². The summed E-state index contributed by atoms with van der Waals surface area (Å²) in [4.78, 5) is 18.8. The molecular weight excluding hydrogens is 302 g/mol. The largest absolute Gasteiger partial charge is 0.383 e. The first-order valence-corrected chi connectivity index (χ1v) is 7.81. The molecule has 0 aliphatic heterocycles. The maximum Gasteiger partial charge on any atom is 0.233 e. The number of nitrogens with zero attached hydrogens (tertiary/aromatic N) is 5. The van der Waals surface area contributed by atoms with Crippen LogP contribution in [-0.4, -0.2) is 57.1 Å². The van der Waals surface area contributed by atoms with E-state index in [-0.39, 0.29) is 5.91 Å². The summed E-state index contributed by atoms with van der Waals surface area (Å²) in [5, 5.41) is 7.95. The smallest absolute Gasteiger partial charge is 0.233 e. The molecule has 0 aliphatic rings. The third kappa shape index (κ3) is 4.81. The van der Waals surface area contributed by atoms with E-state index in [0.29, 0.717) is 25.4 Å². The average molecular weight is 321 g/mol. The van der Waals surface area contributed by atoms with Gasteiger partial charge in [-0.3, -0.25) is 9.78 Å². The van der Waals surface area contributed by atoms with Crippen LogP contribution in [0.4, 0.5) is 0 Å². The molecule has 0 unspecified atom stereocenters. The van der Waals surface area contributed by atoms with Crippen molar-refractivity contribution in [1.29, 1.82) is 0 Å². The zero-order chi connectivity index (χ0) is 15.8. The standard InChI is InChI=1S/C14H19N5O2S/c1-18(9-13-17-16-11-19(13)7-8-21-2)14(20)10-22-12-3-5-15-6-4-12/h3-6,11H,7-10H2,1-2H3. The minimum atomic E-state index is 0.0445. The highest BCUT2D eigenvalue weighted by Gasteiger charge is 2.13. The number of rotatable bonds is 8. The molecule has 7 nitrogen and oxygen atoms in total. The second kappa shape index (κ2) is 8.50. The molecule has 0 aromatic carbocycles. The lowest BCUT2D eigenvalue weighted by molar-refractivity contribution is -0.127. The molecule has 0 N–H and O–H groups in total. The molecule has 0 spiro atoms. The van der Waals surface area contributed by atoms with E-state index in [1.807, 2.05) is 16.7 Å². The van der Waals surface area contributed by atoms with Gasteiger partial charge < -0.3 is 14.2 Å². The van der Waals surface area contributed by atoms with Gasteiger partial charge in [-0.1, -0.05) is 0 Å². The molecule has 118 valence electrons. The summed E-state index contributed by atoms with van der Waals surface area (Å²) in [5.74, 6) is 1.18. The Morgan fingerprint density at radius 3 is 2.91 bits per heavy atom. The van der Waals surface area contributed by atoms with Gasteiger partial charge in [-0.15, -0.1) is 22.0 Å². The number of hydrogen-bond donors (Lipinski definition) is 0. The fraction of sp³-hybridized carbons (Fsp3) is 0.429. The Balaban J connectivity index is 1.85. The number of thioether (sulfide) groups is 1. The summed E-state index contributed by atoms with van der Waals surface area (Å²) in [5.41, 5.74) is 0. The molecule has 2 rings (SSSR count). The van der Waals surface area contributed by atoms with Crippen molar-refractivity contribution in [1.82, 2.24) is 24.6 Å². The first-order chi connectivity index (χ1) is 10.7. The number of ether oxygens (including phenoxy) is 1. The molecule has 0 saturated carbocycles. The molecule has 0 radical (unpaired) electrons. The van der Waals surface area contributed by atoms with E-state index in [1.165, 1.54) is 11.8 Å². The molecule has 2 aromatic rings. The van der Waals surface area contributed by atoms with E-state index >= 15 is 0 Å². The maximum atomic E-state index is 12.2. The van der Waals surface area contributed by atoms with Crippen LogP contribution < -0.4 is 0 Å². The van der Waals surface area contributed by atoms with Gasteiger partial charge in [-0.05, 0) is 12.1 Å². The highest BCUT2D eigenvalue weighted by Crippen LogP contribution is 2.16. The topological polar surface area (TPSA) is 73.1 Å². The Bertz CT molecular complexity index is 590. The van der Waals surface area contributed by atoms with E-state index in [9.17, 15) is 4.79 Å². The highest BCUT2D eigenvalue weighted by molar-refractivity contribution is 8.00. The minimum Gasteiger partial charge on any atom is -0.383 e. The van der Waals surface area contributed by atoms with Gasteiger partial charge >= 0.3 is 0 Å². The number of methoxy groups -OCH3 is 1. The molecule has 0 fully saturated rings. The Hall–Kier alpha value is -1.93. The van der Waals surface area contributed by atoms with Crippen molar-refractivity contribution < 1.29 is 9.53 Å². The van der Waals surface area contributed by atoms with Crippen molar-refractivity contribution >= 4 is 17.7 Å². The maximum absolute atomic E-state index is 12.2. The monoisotopic (exact) mass is 321 g/mol. The Morgan fingerprint density at radius 1 is 1.41 bits per heavy atom. The van der Waals surface area contributed by atoms with E-state index < -0.39 is 0 Å². The van der Waals surface area contributed by atoms with Crippen LogP contribution in [0.1, 0.15) is 5.82 Å². The van der Waals surface area contributed by atoms with Gasteiger partial charge in [0.15, 0.2) is 5.82 Å². The van der Waals surface area contributed by atoms with Gasteiger partial charge in [-0.25, -0.2) is 0 Å². The first kappa shape index (κ1) is 16.4. The highest BCUT2D eigenvalue weighted by atomic mass is 32.2. The number of pyridine rings is 1. The van der Waals surface area contributed by atoms with Crippen LogP contribution in [0.3, 0.4) is 0 Å². The van der Waals surface area contributed by atoms with E-state index in [4.69, 9.17) is 4.74 Å². The van der Waals surface area contributed by atoms with Gasteiger partial charge in [0.25, 0.3) is 0 Å². The molecule has 22 heavy (non-hydrogen) atoms. The van der Waals surface area contributed by atoms with Crippen LogP contribution in [0.2, 0.25) is 0 Å². The van der Waals surface area contributed by atoms with Gasteiger partial charge in [-0.2, -0.15) is 0 Å². The molecule has 2 aromatic heterocycles. The predicted molar refractivity (Wildman–Crippen MR) is 83.3 cm³/mol. The summed E-state index contributed by atoms with van der Waals surface area (Å²) >= 11 is 1.49. The third-order valence-corrected chi connectivity index (χ3v) is 4.05. The lowest BCUT2D eigenvalue weighted by atomic mass is 10.4. The van der Waals surface area contributed by atoms with Crippen LogP contribution in [-0.2, 0) is 22.6 Å². The third-order valence-electron chi connectivity index (χ3n) is 3.05. The zero-order valence-electron chi connectivity index (χ0n) is 12.7. The van der Waals surface area contributed by atoms with Crippen molar-refractivity contribution in [3.63, 3.8) is 0 Å². The van der Waals surface area contributed by atoms with Gasteiger partial charge in [0, 0.05) is 38.0 Å². The average Bonchev–Trinajstić information content (AvgIpc) is 2.98. The summed E-state index contributed by atoms with van der Waals surface area (Å²) in [6.45, 7) is 1.69. The Labute approximate surface area is 133 Å². The molecule has 0 aliphatic carbocycles. The van der Waals surface area contributed by atoms with Crippen LogP contribution >= 0.6 is 11.8 Å². The summed E-state index contributed by atoms with van der Waals surface area (Å²) in [6.07, 6.45) is 5.09. The molecule has 0 atom stereocenters. The lowest BCUT2D eigenvalue weighted by Gasteiger charge is -2.17. The van der Waals surface area contributed by atoms with Crippen molar-refractivity contribution in [2.24, 2.45) is 0 Å². The van der Waals surface area contributed by atoms with Crippen LogP contribution in [0.25, 0.3) is 0 Å². The molecule has 8 heteroatoms. The van der Waals surface area contributed by atoms with Crippen molar-refractivity contribution in [3.8, 4) is 0 Å². The second-order valence-electron chi connectivity index (χ2n) is 4.65.